The predicted molar refractivity (Wildman–Crippen MR) is 78.5 cm³/mol. The van der Waals surface area contributed by atoms with Crippen molar-refractivity contribution in [3.63, 3.8) is 0 Å². The fourth-order valence-corrected chi connectivity index (χ4v) is 2.19. The van der Waals surface area contributed by atoms with Gasteiger partial charge < -0.3 is 9.64 Å². The lowest BCUT2D eigenvalue weighted by molar-refractivity contribution is 0.415. The second kappa shape index (κ2) is 7.49. The molecule has 0 aliphatic heterocycles. The van der Waals surface area contributed by atoms with Crippen LogP contribution < -0.4 is 9.64 Å². The van der Waals surface area contributed by atoms with Crippen LogP contribution in [-0.4, -0.2) is 26.5 Å². The Bertz CT molecular complexity index is 313. The van der Waals surface area contributed by atoms with Crippen LogP contribution in [0.5, 0.6) is 5.75 Å². The zero-order valence-electron chi connectivity index (χ0n) is 11.0. The summed E-state index contributed by atoms with van der Waals surface area (Å²) in [4.78, 5) is 2.29. The van der Waals surface area contributed by atoms with Crippen molar-refractivity contribution >= 4 is 18.3 Å². The fraction of sp³-hybridized carbons (Fsp3) is 0.571. The largest absolute Gasteiger partial charge is 0.497 e. The minimum absolute atomic E-state index is 0.744. The van der Waals surface area contributed by atoms with E-state index in [2.05, 4.69) is 43.6 Å². The molecule has 1 atom stereocenters. The molecule has 1 aromatic carbocycles. The summed E-state index contributed by atoms with van der Waals surface area (Å²) in [6.07, 6.45) is 2.41. The first-order valence-electron chi connectivity index (χ1n) is 6.13. The molecule has 0 N–H and O–H groups in total. The van der Waals surface area contributed by atoms with E-state index in [0.29, 0.717) is 0 Å². The third kappa shape index (κ3) is 4.90. The molecule has 0 aliphatic rings. The van der Waals surface area contributed by atoms with Gasteiger partial charge in [-0.05, 0) is 48.8 Å². The Kier molecular flexibility index (Phi) is 6.27. The highest BCUT2D eigenvalue weighted by molar-refractivity contribution is 7.80. The smallest absolute Gasteiger partial charge is 0.119 e. The van der Waals surface area contributed by atoms with Crippen LogP contribution in [0.15, 0.2) is 24.3 Å². The van der Waals surface area contributed by atoms with E-state index in [1.165, 1.54) is 18.5 Å². The lowest BCUT2D eigenvalue weighted by Gasteiger charge is -2.21. The van der Waals surface area contributed by atoms with Crippen molar-refractivity contribution in [2.45, 2.75) is 19.8 Å². The van der Waals surface area contributed by atoms with E-state index in [0.717, 1.165) is 24.0 Å². The number of ether oxygens (including phenoxy) is 1. The van der Waals surface area contributed by atoms with Crippen LogP contribution in [0.4, 0.5) is 5.69 Å². The Labute approximate surface area is 110 Å². The van der Waals surface area contributed by atoms with Gasteiger partial charge >= 0.3 is 0 Å². The van der Waals surface area contributed by atoms with Crippen LogP contribution >= 0.6 is 12.6 Å². The first kappa shape index (κ1) is 14.2. The average molecular weight is 253 g/mol. The summed E-state index contributed by atoms with van der Waals surface area (Å²) in [7, 11) is 3.83. The van der Waals surface area contributed by atoms with E-state index >= 15 is 0 Å². The average Bonchev–Trinajstić information content (AvgIpc) is 2.36. The second-order valence-electron chi connectivity index (χ2n) is 4.53. The van der Waals surface area contributed by atoms with Crippen LogP contribution in [-0.2, 0) is 0 Å². The van der Waals surface area contributed by atoms with Crippen molar-refractivity contribution in [2.75, 3.05) is 31.4 Å². The highest BCUT2D eigenvalue weighted by Gasteiger charge is 2.05. The van der Waals surface area contributed by atoms with Gasteiger partial charge in [0.15, 0.2) is 0 Å². The monoisotopic (exact) mass is 253 g/mol. The quantitative estimate of drug-likeness (QED) is 0.747. The van der Waals surface area contributed by atoms with Gasteiger partial charge in [-0.3, -0.25) is 0 Å². The maximum atomic E-state index is 5.15. The Morgan fingerprint density at radius 1 is 1.24 bits per heavy atom. The van der Waals surface area contributed by atoms with E-state index in [1.807, 2.05) is 12.1 Å². The van der Waals surface area contributed by atoms with Gasteiger partial charge in [0, 0.05) is 19.3 Å². The van der Waals surface area contributed by atoms with Crippen LogP contribution in [0.2, 0.25) is 0 Å². The highest BCUT2D eigenvalue weighted by atomic mass is 32.1. The molecule has 17 heavy (non-hydrogen) atoms. The number of hydrogen-bond donors (Lipinski definition) is 1. The van der Waals surface area contributed by atoms with Crippen molar-refractivity contribution < 1.29 is 4.74 Å². The van der Waals surface area contributed by atoms with Gasteiger partial charge in [-0.25, -0.2) is 0 Å². The number of nitrogens with zero attached hydrogens (tertiary/aromatic N) is 1. The van der Waals surface area contributed by atoms with Gasteiger partial charge in [0.25, 0.3) is 0 Å². The summed E-state index contributed by atoms with van der Waals surface area (Å²) in [6, 6.07) is 8.20. The minimum Gasteiger partial charge on any atom is -0.497 e. The second-order valence-corrected chi connectivity index (χ2v) is 4.97. The van der Waals surface area contributed by atoms with Gasteiger partial charge in [0.1, 0.15) is 5.75 Å². The topological polar surface area (TPSA) is 12.5 Å². The number of anilines is 1. The molecule has 0 radical (unpaired) electrons. The summed E-state index contributed by atoms with van der Waals surface area (Å²) in [5, 5.41) is 0. The lowest BCUT2D eigenvalue weighted by atomic mass is 10.1. The lowest BCUT2D eigenvalue weighted by Crippen LogP contribution is -2.20. The standard InChI is InChI=1S/C14H23NOS/c1-12(9-11-17)8-10-15(2)13-4-6-14(16-3)7-5-13/h4-7,12,17H,8-11H2,1-3H3. The summed E-state index contributed by atoms with van der Waals surface area (Å²) in [6.45, 7) is 3.37. The molecule has 1 aromatic rings. The minimum atomic E-state index is 0.744. The Morgan fingerprint density at radius 3 is 2.41 bits per heavy atom. The number of methoxy groups -OCH3 is 1. The van der Waals surface area contributed by atoms with Gasteiger partial charge in [0.05, 0.1) is 7.11 Å². The third-order valence-electron chi connectivity index (χ3n) is 3.09. The van der Waals surface area contributed by atoms with Gasteiger partial charge in [0.2, 0.25) is 0 Å². The zero-order valence-corrected chi connectivity index (χ0v) is 11.9. The maximum absolute atomic E-state index is 5.15. The predicted octanol–water partition coefficient (Wildman–Crippen LogP) is 3.48. The van der Waals surface area contributed by atoms with Crippen molar-refractivity contribution in [3.8, 4) is 5.75 Å². The maximum Gasteiger partial charge on any atom is 0.119 e. The molecule has 1 rings (SSSR count). The molecule has 0 saturated heterocycles. The van der Waals surface area contributed by atoms with Crippen molar-refractivity contribution in [2.24, 2.45) is 5.92 Å². The Morgan fingerprint density at radius 2 is 1.88 bits per heavy atom. The molecule has 0 saturated carbocycles. The first-order valence-corrected chi connectivity index (χ1v) is 6.76. The molecule has 0 bridgehead atoms. The summed E-state index contributed by atoms with van der Waals surface area (Å²) in [5.74, 6) is 2.63. The van der Waals surface area contributed by atoms with Gasteiger partial charge in [-0.1, -0.05) is 6.92 Å². The van der Waals surface area contributed by atoms with E-state index < -0.39 is 0 Å². The molecular formula is C14H23NOS. The molecule has 1 unspecified atom stereocenters. The van der Waals surface area contributed by atoms with Crippen LogP contribution in [0.25, 0.3) is 0 Å². The number of thiol groups is 1. The van der Waals surface area contributed by atoms with Crippen molar-refractivity contribution in [3.05, 3.63) is 24.3 Å². The highest BCUT2D eigenvalue weighted by Crippen LogP contribution is 2.19. The Balaban J connectivity index is 2.43. The zero-order chi connectivity index (χ0) is 12.7. The van der Waals surface area contributed by atoms with E-state index in [9.17, 15) is 0 Å². The number of benzene rings is 1. The summed E-state index contributed by atoms with van der Waals surface area (Å²) in [5.41, 5.74) is 1.24. The molecule has 0 spiro atoms. The molecule has 0 fully saturated rings. The van der Waals surface area contributed by atoms with E-state index in [-0.39, 0.29) is 0 Å². The van der Waals surface area contributed by atoms with Crippen LogP contribution in [0, 0.1) is 5.92 Å². The molecule has 96 valence electrons. The molecule has 0 aliphatic carbocycles. The summed E-state index contributed by atoms with van der Waals surface area (Å²) >= 11 is 4.27. The number of hydrogen-bond acceptors (Lipinski definition) is 3. The fourth-order valence-electron chi connectivity index (χ4n) is 1.74. The van der Waals surface area contributed by atoms with Crippen molar-refractivity contribution in [1.29, 1.82) is 0 Å². The summed E-state index contributed by atoms with van der Waals surface area (Å²) < 4.78 is 5.15. The van der Waals surface area contributed by atoms with E-state index in [4.69, 9.17) is 4.74 Å². The first-order chi connectivity index (χ1) is 8.17. The number of rotatable bonds is 7. The van der Waals surface area contributed by atoms with Crippen molar-refractivity contribution in [1.82, 2.24) is 0 Å². The molecule has 0 amide bonds. The molecule has 2 nitrogen and oxygen atoms in total. The molecule has 3 heteroatoms. The van der Waals surface area contributed by atoms with Crippen LogP contribution in [0.3, 0.4) is 0 Å². The molecule has 0 aromatic heterocycles. The van der Waals surface area contributed by atoms with Gasteiger partial charge in [-0.2, -0.15) is 12.6 Å². The molecular weight excluding hydrogens is 230 g/mol. The SMILES string of the molecule is COc1ccc(N(C)CCC(C)CCS)cc1. The van der Waals surface area contributed by atoms with E-state index in [1.54, 1.807) is 7.11 Å². The molecule has 0 heterocycles. The van der Waals surface area contributed by atoms with Gasteiger partial charge in [-0.15, -0.1) is 0 Å². The van der Waals surface area contributed by atoms with Crippen LogP contribution in [0.1, 0.15) is 19.8 Å². The Hall–Kier alpha value is -0.830. The normalized spacial score (nSPS) is 12.2. The third-order valence-corrected chi connectivity index (χ3v) is 3.35.